The highest BCUT2D eigenvalue weighted by molar-refractivity contribution is 6.31. The highest BCUT2D eigenvalue weighted by Gasteiger charge is 2.51. The smallest absolute Gasteiger partial charge is 0.322 e. The number of hydrogen-bond acceptors (Lipinski definition) is 18. The lowest BCUT2D eigenvalue weighted by atomic mass is 9.74. The van der Waals surface area contributed by atoms with E-state index in [1.165, 1.54) is 33.2 Å². The number of carboxylic acids is 1. The zero-order valence-corrected chi connectivity index (χ0v) is 31.8. The first-order valence-electron chi connectivity index (χ1n) is 18.3. The molecular weight excluding hydrogens is 784 g/mol. The lowest BCUT2D eigenvalue weighted by Gasteiger charge is -2.47. The molecule has 0 radical (unpaired) electrons. The number of nitrogens with one attached hydrogen (secondary N) is 2. The van der Waals surface area contributed by atoms with E-state index < -0.39 is 149 Å². The minimum atomic E-state index is -1.89. The van der Waals surface area contributed by atoms with Crippen molar-refractivity contribution in [3.8, 4) is 34.1 Å². The third-order valence-electron chi connectivity index (χ3n) is 11.1. The van der Waals surface area contributed by atoms with Crippen LogP contribution in [0.3, 0.4) is 0 Å². The molecule has 2 fully saturated rings. The minimum Gasteiger partial charge on any atom is -0.507 e. The summed E-state index contributed by atoms with van der Waals surface area (Å²) in [6.07, 6.45) is -15.5. The van der Waals surface area contributed by atoms with Crippen LogP contribution in [0.1, 0.15) is 78.0 Å². The molecule has 11 N–H and O–H groups in total. The number of hydrogen-bond donors (Lipinski definition) is 11. The molecule has 1 amide bonds. The molecule has 20 nitrogen and oxygen atoms in total. The third-order valence-corrected chi connectivity index (χ3v) is 11.1. The maximum atomic E-state index is 14.0. The van der Waals surface area contributed by atoms with Crippen molar-refractivity contribution in [3.05, 3.63) is 68.8 Å². The van der Waals surface area contributed by atoms with Crippen molar-refractivity contribution in [2.24, 2.45) is 0 Å². The van der Waals surface area contributed by atoms with Crippen molar-refractivity contribution in [2.45, 2.75) is 81.3 Å². The van der Waals surface area contributed by atoms with Crippen LogP contribution in [-0.2, 0) is 23.7 Å². The van der Waals surface area contributed by atoms with Gasteiger partial charge in [-0.05, 0) is 49.7 Å². The predicted octanol–water partition coefficient (Wildman–Crippen LogP) is -1.00. The van der Waals surface area contributed by atoms with E-state index in [0.717, 1.165) is 12.1 Å². The predicted molar refractivity (Wildman–Crippen MR) is 196 cm³/mol. The normalized spacial score (nSPS) is 29.8. The molecule has 316 valence electrons. The number of carboxylic acid groups (broad SMARTS) is 1. The van der Waals surface area contributed by atoms with Crippen LogP contribution in [0.5, 0.6) is 23.0 Å². The molecule has 0 spiro atoms. The fourth-order valence-corrected chi connectivity index (χ4v) is 8.21. The van der Waals surface area contributed by atoms with Gasteiger partial charge in [-0.15, -0.1) is 0 Å². The number of aliphatic hydroxyl groups excluding tert-OH is 5. The Labute approximate surface area is 334 Å². The molecule has 2 aliphatic carbocycles. The standard InChI is InChI=1S/C39H42N2O18/c1-11-5-17-24(31(50)21(11)37(54)41-9-20(44)45)23-15(8-16-25(32(23)51)28(47)14-6-13(55-4)7-18(42)22(14)27(16)46)29(48)35(17)58-39-34(53)36(26(40-3)12(2)57-39)59-38-33(52)30(49)19(43)10-56-38/h5-8,12,19,26,29-30,33-36,38-40,42-43,48-53H,9-10H2,1-4H3,(H,41,54)(H,44,45)/t12-,19-,26-,29-,30+,33-,34+,35-,36-,38+,39-/m0/s1. The van der Waals surface area contributed by atoms with Crippen molar-refractivity contribution >= 4 is 23.4 Å². The number of ether oxygens (including phenoxy) is 5. The number of phenolic OH excluding ortho intramolecular Hbond substituents is 3. The van der Waals surface area contributed by atoms with Crippen LogP contribution in [0.25, 0.3) is 11.1 Å². The average molecular weight is 827 g/mol. The number of phenols is 3. The van der Waals surface area contributed by atoms with Crippen LogP contribution in [0.15, 0.2) is 24.3 Å². The Morgan fingerprint density at radius 1 is 0.831 bits per heavy atom. The largest absolute Gasteiger partial charge is 0.507 e. The second-order valence-corrected chi connectivity index (χ2v) is 14.7. The quantitative estimate of drug-likeness (QED) is 0.0964. The average Bonchev–Trinajstić information content (AvgIpc) is 3.18. The van der Waals surface area contributed by atoms with Crippen molar-refractivity contribution in [2.75, 3.05) is 27.3 Å². The molecule has 59 heavy (non-hydrogen) atoms. The van der Waals surface area contributed by atoms with Gasteiger partial charge in [0.25, 0.3) is 5.91 Å². The molecule has 20 heteroatoms. The molecular formula is C39H42N2O18. The van der Waals surface area contributed by atoms with E-state index in [4.69, 9.17) is 23.7 Å². The number of aromatic hydroxyl groups is 3. The first kappa shape index (κ1) is 41.9. The van der Waals surface area contributed by atoms with Crippen molar-refractivity contribution in [3.63, 3.8) is 0 Å². The molecule has 2 saturated heterocycles. The summed E-state index contributed by atoms with van der Waals surface area (Å²) in [7, 11) is 2.80. The van der Waals surface area contributed by atoms with E-state index in [0.29, 0.717) is 0 Å². The van der Waals surface area contributed by atoms with Gasteiger partial charge in [0.15, 0.2) is 24.1 Å². The second-order valence-electron chi connectivity index (χ2n) is 14.7. The fraction of sp³-hybridized carbons (Fsp3) is 0.436. The summed E-state index contributed by atoms with van der Waals surface area (Å²) in [6.45, 7) is 1.73. The molecule has 0 unspecified atom stereocenters. The molecule has 0 aromatic heterocycles. The van der Waals surface area contributed by atoms with Gasteiger partial charge in [-0.2, -0.15) is 0 Å². The zero-order valence-electron chi connectivity index (χ0n) is 31.8. The van der Waals surface area contributed by atoms with Crippen LogP contribution in [-0.4, -0.2) is 152 Å². The summed E-state index contributed by atoms with van der Waals surface area (Å²) in [5.41, 5.74) is -3.34. The van der Waals surface area contributed by atoms with Crippen LogP contribution in [0.2, 0.25) is 0 Å². The van der Waals surface area contributed by atoms with Gasteiger partial charge < -0.3 is 80.3 Å². The van der Waals surface area contributed by atoms with Crippen LogP contribution in [0, 0.1) is 6.92 Å². The number of carbonyl (C=O) groups excluding carboxylic acids is 3. The number of fused-ring (bicyclic) bond motifs is 5. The maximum absolute atomic E-state index is 14.0. The molecule has 7 rings (SSSR count). The number of amides is 1. The van der Waals surface area contributed by atoms with E-state index in [1.807, 2.05) is 0 Å². The van der Waals surface area contributed by atoms with E-state index in [-0.39, 0.29) is 33.6 Å². The zero-order chi connectivity index (χ0) is 42.9. The van der Waals surface area contributed by atoms with E-state index in [2.05, 4.69) is 10.6 Å². The van der Waals surface area contributed by atoms with Gasteiger partial charge >= 0.3 is 5.97 Å². The molecule has 3 aromatic rings. The fourth-order valence-electron chi connectivity index (χ4n) is 8.21. The number of ketones is 2. The third kappa shape index (κ3) is 6.85. The molecule has 0 bridgehead atoms. The van der Waals surface area contributed by atoms with Gasteiger partial charge in [0.1, 0.15) is 72.3 Å². The highest BCUT2D eigenvalue weighted by atomic mass is 16.7. The summed E-state index contributed by atoms with van der Waals surface area (Å²) < 4.78 is 28.9. The first-order chi connectivity index (χ1) is 27.9. The highest BCUT2D eigenvalue weighted by Crippen LogP contribution is 2.57. The summed E-state index contributed by atoms with van der Waals surface area (Å²) >= 11 is 0. The topological polar surface area (TPSA) is 321 Å². The van der Waals surface area contributed by atoms with Gasteiger partial charge in [0.2, 0.25) is 0 Å². The number of benzene rings is 3. The van der Waals surface area contributed by atoms with Gasteiger partial charge in [0.05, 0.1) is 42.6 Å². The van der Waals surface area contributed by atoms with Crippen molar-refractivity contribution < 1.29 is 88.8 Å². The Morgan fingerprint density at radius 2 is 1.49 bits per heavy atom. The summed E-state index contributed by atoms with van der Waals surface area (Å²) in [6, 6.07) is 3.86. The number of carbonyl (C=O) groups is 4. The van der Waals surface area contributed by atoms with E-state index in [1.54, 1.807) is 6.92 Å². The van der Waals surface area contributed by atoms with Gasteiger partial charge in [-0.1, -0.05) is 6.07 Å². The van der Waals surface area contributed by atoms with E-state index >= 15 is 0 Å². The maximum Gasteiger partial charge on any atom is 0.322 e. The van der Waals surface area contributed by atoms with Crippen LogP contribution >= 0.6 is 0 Å². The number of likely N-dealkylation sites (N-methyl/N-ethyl adjacent to an activating group) is 1. The Morgan fingerprint density at radius 3 is 2.15 bits per heavy atom. The Bertz CT molecular complexity index is 2250. The number of aliphatic hydroxyl groups is 5. The SMILES string of the molecule is CN[C@@H]1[C@H](O[C@H]2OC[C@H](O)[C@@H](O)[C@@H]2O)[C@@H](O)[C@H](O[C@H]2c3cc(C)c(C(=O)NCC(=O)O)c(O)c3-c3c(cc4c(c3O)C(=O)c3cc(OC)cc(O)c3C4=O)[C@@H]2O)O[C@H]1C. The molecule has 0 saturated carbocycles. The monoisotopic (exact) mass is 826 g/mol. The molecule has 4 aliphatic rings. The summed E-state index contributed by atoms with van der Waals surface area (Å²) in [4.78, 5) is 52.7. The lowest BCUT2D eigenvalue weighted by molar-refractivity contribution is -0.339. The molecule has 3 aromatic carbocycles. The molecule has 2 aliphatic heterocycles. The Balaban J connectivity index is 1.36. The van der Waals surface area contributed by atoms with Crippen LogP contribution < -0.4 is 15.4 Å². The Kier molecular flexibility index (Phi) is 11.2. The van der Waals surface area contributed by atoms with Crippen LogP contribution in [0.4, 0.5) is 0 Å². The van der Waals surface area contributed by atoms with Gasteiger partial charge in [-0.3, -0.25) is 19.2 Å². The first-order valence-corrected chi connectivity index (χ1v) is 18.3. The molecule has 2 heterocycles. The summed E-state index contributed by atoms with van der Waals surface area (Å²) in [5.74, 6) is -6.63. The van der Waals surface area contributed by atoms with Gasteiger partial charge in [0, 0.05) is 28.3 Å². The molecule has 11 atom stereocenters. The number of aryl methyl sites for hydroxylation is 1. The number of methoxy groups -OCH3 is 1. The number of rotatable bonds is 9. The lowest BCUT2D eigenvalue weighted by Crippen LogP contribution is -2.65. The van der Waals surface area contributed by atoms with Crippen molar-refractivity contribution in [1.29, 1.82) is 0 Å². The van der Waals surface area contributed by atoms with Crippen molar-refractivity contribution in [1.82, 2.24) is 10.6 Å². The van der Waals surface area contributed by atoms with E-state index in [9.17, 15) is 65.1 Å². The second kappa shape index (κ2) is 15.7. The minimum absolute atomic E-state index is 0.0168. The summed E-state index contributed by atoms with van der Waals surface area (Å²) in [5, 5.41) is 104. The Hall–Kier alpha value is -5.26. The number of aliphatic carboxylic acids is 1. The van der Waals surface area contributed by atoms with Gasteiger partial charge in [-0.25, -0.2) is 0 Å².